The van der Waals surface area contributed by atoms with Crippen LogP contribution >= 0.6 is 11.3 Å². The van der Waals surface area contributed by atoms with Gasteiger partial charge in [0.15, 0.2) is 0 Å². The van der Waals surface area contributed by atoms with E-state index in [-0.39, 0.29) is 17.4 Å². The summed E-state index contributed by atoms with van der Waals surface area (Å²) in [6.45, 7) is 2.31. The molecule has 1 aliphatic heterocycles. The number of aliphatic carboxylic acids is 1. The van der Waals surface area contributed by atoms with Crippen molar-refractivity contribution in [2.24, 2.45) is 11.8 Å². The summed E-state index contributed by atoms with van der Waals surface area (Å²) in [5.74, 6) is -1.53. The number of carbonyl (C=O) groups is 1. The highest BCUT2D eigenvalue weighted by Crippen LogP contribution is 2.33. The van der Waals surface area contributed by atoms with Crippen molar-refractivity contribution in [1.29, 1.82) is 0 Å². The van der Waals surface area contributed by atoms with E-state index in [0.29, 0.717) is 18.4 Å². The molecule has 0 spiro atoms. The van der Waals surface area contributed by atoms with Crippen LogP contribution in [0.1, 0.15) is 13.3 Å². The van der Waals surface area contributed by atoms with Gasteiger partial charge in [-0.15, -0.1) is 11.3 Å². The molecule has 1 aliphatic rings. The van der Waals surface area contributed by atoms with Gasteiger partial charge in [0.05, 0.1) is 5.92 Å². The van der Waals surface area contributed by atoms with Crippen LogP contribution in [0, 0.1) is 11.8 Å². The minimum Gasteiger partial charge on any atom is -0.481 e. The third-order valence-electron chi connectivity index (χ3n) is 4.04. The number of benzene rings is 1. The van der Waals surface area contributed by atoms with Crippen LogP contribution in [-0.4, -0.2) is 36.9 Å². The first-order chi connectivity index (χ1) is 10.4. The van der Waals surface area contributed by atoms with Crippen molar-refractivity contribution in [2.75, 3.05) is 13.1 Å². The Balaban J connectivity index is 2.00. The van der Waals surface area contributed by atoms with Gasteiger partial charge in [-0.25, -0.2) is 8.42 Å². The average molecular weight is 339 g/mol. The largest absolute Gasteiger partial charge is 0.481 e. The Bertz CT molecular complexity index is 812. The standard InChI is InChI=1S/C15H17NO4S2/c1-10-6-11(15(17)18)8-16(7-10)22(19,20)14-9-21-13-5-3-2-4-12(13)14/h2-5,9-11H,6-8H2,1H3,(H,17,18). The quantitative estimate of drug-likeness (QED) is 0.933. The lowest BCUT2D eigenvalue weighted by atomic mass is 9.92. The van der Waals surface area contributed by atoms with Gasteiger partial charge in [-0.2, -0.15) is 4.31 Å². The minimum absolute atomic E-state index is 0.0366. The molecule has 2 aromatic rings. The normalized spacial score (nSPS) is 23.7. The van der Waals surface area contributed by atoms with E-state index in [1.807, 2.05) is 25.1 Å². The number of carboxylic acids is 1. The molecule has 3 rings (SSSR count). The van der Waals surface area contributed by atoms with E-state index in [1.165, 1.54) is 15.6 Å². The Morgan fingerprint density at radius 1 is 1.32 bits per heavy atom. The summed E-state index contributed by atoms with van der Waals surface area (Å²) in [5.41, 5.74) is 0. The zero-order chi connectivity index (χ0) is 15.9. The summed E-state index contributed by atoms with van der Waals surface area (Å²) < 4.78 is 28.1. The second kappa shape index (κ2) is 5.64. The summed E-state index contributed by atoms with van der Waals surface area (Å²) in [6.07, 6.45) is 0.520. The van der Waals surface area contributed by atoms with Crippen LogP contribution in [0.3, 0.4) is 0 Å². The number of fused-ring (bicyclic) bond motifs is 1. The fraction of sp³-hybridized carbons (Fsp3) is 0.400. The van der Waals surface area contributed by atoms with E-state index in [0.717, 1.165) is 4.70 Å². The predicted octanol–water partition coefficient (Wildman–Crippen LogP) is 2.63. The summed E-state index contributed by atoms with van der Waals surface area (Å²) in [5, 5.41) is 11.6. The molecular weight excluding hydrogens is 322 g/mol. The van der Waals surface area contributed by atoms with E-state index < -0.39 is 21.9 Å². The number of hydrogen-bond acceptors (Lipinski definition) is 4. The van der Waals surface area contributed by atoms with Crippen LogP contribution in [0.2, 0.25) is 0 Å². The summed E-state index contributed by atoms with van der Waals surface area (Å²) >= 11 is 1.39. The van der Waals surface area contributed by atoms with Crippen LogP contribution in [-0.2, 0) is 14.8 Å². The van der Waals surface area contributed by atoms with Crippen molar-refractivity contribution in [1.82, 2.24) is 4.31 Å². The van der Waals surface area contributed by atoms with E-state index >= 15 is 0 Å². The van der Waals surface area contributed by atoms with Crippen molar-refractivity contribution in [3.8, 4) is 0 Å². The Hall–Kier alpha value is -1.44. The predicted molar refractivity (Wildman–Crippen MR) is 85.5 cm³/mol. The topological polar surface area (TPSA) is 74.7 Å². The lowest BCUT2D eigenvalue weighted by molar-refractivity contribution is -0.143. The Kier molecular flexibility index (Phi) is 3.96. The minimum atomic E-state index is -3.66. The number of hydrogen-bond donors (Lipinski definition) is 1. The average Bonchev–Trinajstić information content (AvgIpc) is 2.91. The third-order valence-corrected chi connectivity index (χ3v) is 7.02. The van der Waals surface area contributed by atoms with Gasteiger partial charge in [0.2, 0.25) is 10.0 Å². The molecular formula is C15H17NO4S2. The van der Waals surface area contributed by atoms with Gasteiger partial charge >= 0.3 is 5.97 Å². The molecule has 0 amide bonds. The molecule has 1 aromatic carbocycles. The first kappa shape index (κ1) is 15.5. The number of carboxylic acid groups (broad SMARTS) is 1. The smallest absolute Gasteiger partial charge is 0.307 e. The van der Waals surface area contributed by atoms with Crippen molar-refractivity contribution < 1.29 is 18.3 Å². The number of thiophene rings is 1. The molecule has 5 nitrogen and oxygen atoms in total. The summed E-state index contributed by atoms with van der Waals surface area (Å²) in [4.78, 5) is 11.5. The molecule has 2 atom stereocenters. The van der Waals surface area contributed by atoms with Crippen molar-refractivity contribution in [3.05, 3.63) is 29.6 Å². The van der Waals surface area contributed by atoms with Gasteiger partial charge in [0.25, 0.3) is 0 Å². The molecule has 0 radical (unpaired) electrons. The van der Waals surface area contributed by atoms with Crippen molar-refractivity contribution in [3.63, 3.8) is 0 Å². The second-order valence-electron chi connectivity index (χ2n) is 5.79. The highest BCUT2D eigenvalue weighted by molar-refractivity contribution is 7.89. The number of sulfonamides is 1. The molecule has 1 N–H and O–H groups in total. The summed E-state index contributed by atoms with van der Waals surface area (Å²) in [7, 11) is -3.66. The molecule has 1 aromatic heterocycles. The van der Waals surface area contributed by atoms with Crippen molar-refractivity contribution >= 4 is 37.4 Å². The SMILES string of the molecule is CC1CC(C(=O)O)CN(S(=O)(=O)c2csc3ccccc23)C1. The van der Waals surface area contributed by atoms with E-state index in [9.17, 15) is 18.3 Å². The van der Waals surface area contributed by atoms with E-state index in [1.54, 1.807) is 11.4 Å². The zero-order valence-corrected chi connectivity index (χ0v) is 13.7. The van der Waals surface area contributed by atoms with Crippen LogP contribution in [0.15, 0.2) is 34.5 Å². The zero-order valence-electron chi connectivity index (χ0n) is 12.1. The van der Waals surface area contributed by atoms with Crippen LogP contribution in [0.5, 0.6) is 0 Å². The fourth-order valence-corrected chi connectivity index (χ4v) is 6.05. The Labute approximate surface area is 133 Å². The van der Waals surface area contributed by atoms with Gasteiger partial charge in [0, 0.05) is 28.6 Å². The van der Waals surface area contributed by atoms with Crippen LogP contribution in [0.4, 0.5) is 0 Å². The van der Waals surface area contributed by atoms with Crippen LogP contribution < -0.4 is 0 Å². The molecule has 1 saturated heterocycles. The molecule has 2 heterocycles. The molecule has 0 aliphatic carbocycles. The van der Waals surface area contributed by atoms with Gasteiger partial charge in [-0.3, -0.25) is 4.79 Å². The molecule has 22 heavy (non-hydrogen) atoms. The van der Waals surface area contributed by atoms with Gasteiger partial charge in [-0.05, 0) is 18.4 Å². The van der Waals surface area contributed by atoms with Crippen LogP contribution in [0.25, 0.3) is 10.1 Å². The lowest BCUT2D eigenvalue weighted by Gasteiger charge is -2.33. The van der Waals surface area contributed by atoms with Gasteiger partial charge < -0.3 is 5.11 Å². The maximum Gasteiger partial charge on any atom is 0.307 e. The maximum atomic E-state index is 12.9. The first-order valence-electron chi connectivity index (χ1n) is 7.09. The fourth-order valence-electron chi connectivity index (χ4n) is 2.97. The van der Waals surface area contributed by atoms with E-state index in [2.05, 4.69) is 0 Å². The number of piperidine rings is 1. The monoisotopic (exact) mass is 339 g/mol. The molecule has 0 saturated carbocycles. The molecule has 118 valence electrons. The highest BCUT2D eigenvalue weighted by Gasteiger charge is 2.37. The maximum absolute atomic E-state index is 12.9. The third kappa shape index (κ3) is 2.64. The lowest BCUT2D eigenvalue weighted by Crippen LogP contribution is -2.45. The molecule has 2 unspecified atom stereocenters. The number of nitrogens with zero attached hydrogens (tertiary/aromatic N) is 1. The Morgan fingerprint density at radius 3 is 2.77 bits per heavy atom. The first-order valence-corrected chi connectivity index (χ1v) is 9.40. The second-order valence-corrected chi connectivity index (χ2v) is 8.61. The number of rotatable bonds is 3. The van der Waals surface area contributed by atoms with E-state index in [4.69, 9.17) is 0 Å². The molecule has 7 heteroatoms. The van der Waals surface area contributed by atoms with Crippen molar-refractivity contribution in [2.45, 2.75) is 18.2 Å². The molecule has 1 fully saturated rings. The van der Waals surface area contributed by atoms with Gasteiger partial charge in [0.1, 0.15) is 4.90 Å². The summed E-state index contributed by atoms with van der Waals surface area (Å²) in [6, 6.07) is 7.37. The Morgan fingerprint density at radius 2 is 2.05 bits per heavy atom. The molecule has 0 bridgehead atoms. The van der Waals surface area contributed by atoms with Gasteiger partial charge in [-0.1, -0.05) is 25.1 Å². The highest BCUT2D eigenvalue weighted by atomic mass is 32.2.